The summed E-state index contributed by atoms with van der Waals surface area (Å²) in [6.45, 7) is 0. The number of carbonyl (C=O) groups is 2. The molecule has 0 heterocycles. The van der Waals surface area contributed by atoms with E-state index < -0.39 is 24.2 Å². The fourth-order valence-corrected chi connectivity index (χ4v) is 1.58. The number of nitrogens with one attached hydrogen (secondary N) is 1. The quantitative estimate of drug-likeness (QED) is 0.772. The fraction of sp³-hybridized carbons (Fsp3) is 0.286. The van der Waals surface area contributed by atoms with Gasteiger partial charge in [0.25, 0.3) is 0 Å². The van der Waals surface area contributed by atoms with Crippen LogP contribution in [0.2, 0.25) is 0 Å². The van der Waals surface area contributed by atoms with Crippen LogP contribution in [0.1, 0.15) is 12.0 Å². The van der Waals surface area contributed by atoms with Crippen LogP contribution in [-0.4, -0.2) is 24.2 Å². The van der Waals surface area contributed by atoms with Crippen LogP contribution < -0.4 is 15.8 Å². The molecule has 0 spiro atoms. The number of hydrogen-bond donors (Lipinski definition) is 2. The van der Waals surface area contributed by atoms with Gasteiger partial charge in [-0.2, -0.15) is 0 Å². The monoisotopic (exact) mass is 314 g/mol. The molecule has 1 rings (SSSR count). The van der Waals surface area contributed by atoms with Crippen LogP contribution >= 0.6 is 0 Å². The Balaban J connectivity index is 2.61. The molecule has 0 bridgehead atoms. The van der Waals surface area contributed by atoms with E-state index in [4.69, 9.17) is 12.2 Å². The topological polar surface area (TPSA) is 81.4 Å². The Kier molecular flexibility index (Phi) is 5.81. The van der Waals surface area contributed by atoms with Crippen molar-refractivity contribution in [2.24, 2.45) is 5.73 Å². The molecule has 1 aromatic rings. The molecule has 22 heavy (non-hydrogen) atoms. The Labute approximate surface area is 124 Å². The van der Waals surface area contributed by atoms with Crippen molar-refractivity contribution < 1.29 is 27.5 Å². The van der Waals surface area contributed by atoms with Gasteiger partial charge < -0.3 is 15.8 Å². The number of rotatable bonds is 6. The maximum absolute atomic E-state index is 12.0. The highest BCUT2D eigenvalue weighted by Gasteiger charge is 2.31. The van der Waals surface area contributed by atoms with Crippen LogP contribution in [0.4, 0.5) is 13.2 Å². The molecule has 1 atom stereocenters. The summed E-state index contributed by atoms with van der Waals surface area (Å²) in [5.41, 5.74) is 5.51. The number of nitrogens with two attached hydrogens (primary N) is 1. The smallest absolute Gasteiger partial charge is 0.406 e. The summed E-state index contributed by atoms with van der Waals surface area (Å²) < 4.78 is 39.7. The van der Waals surface area contributed by atoms with E-state index in [1.165, 1.54) is 12.1 Å². The highest BCUT2D eigenvalue weighted by atomic mass is 19.4. The molecule has 0 saturated carbocycles. The lowest BCUT2D eigenvalue weighted by Gasteiger charge is -2.13. The minimum atomic E-state index is -4.77. The molecular formula is C14H13F3N2O3. The highest BCUT2D eigenvalue weighted by molar-refractivity contribution is 5.87. The Morgan fingerprint density at radius 3 is 2.36 bits per heavy atom. The maximum Gasteiger partial charge on any atom is 0.573 e. The lowest BCUT2D eigenvalue weighted by Crippen LogP contribution is -2.44. The predicted molar refractivity (Wildman–Crippen MR) is 71.4 cm³/mol. The molecule has 0 aliphatic carbocycles. The van der Waals surface area contributed by atoms with E-state index >= 15 is 0 Å². The van der Waals surface area contributed by atoms with Gasteiger partial charge in [-0.25, -0.2) is 0 Å². The summed E-state index contributed by atoms with van der Waals surface area (Å²) in [7, 11) is 0. The molecule has 5 nitrogen and oxygen atoms in total. The van der Waals surface area contributed by atoms with E-state index in [1.54, 1.807) is 0 Å². The van der Waals surface area contributed by atoms with Crippen LogP contribution in [0.5, 0.6) is 5.75 Å². The van der Waals surface area contributed by atoms with Crippen LogP contribution in [-0.2, 0) is 16.0 Å². The Morgan fingerprint density at radius 2 is 1.91 bits per heavy atom. The first-order valence-electron chi connectivity index (χ1n) is 6.08. The van der Waals surface area contributed by atoms with Crippen molar-refractivity contribution in [1.82, 2.24) is 5.32 Å². The van der Waals surface area contributed by atoms with E-state index in [-0.39, 0.29) is 18.6 Å². The number of benzene rings is 1. The predicted octanol–water partition coefficient (Wildman–Crippen LogP) is 1.12. The number of carbonyl (C=O) groups excluding carboxylic acids is 2. The Hall–Kier alpha value is -2.69. The SMILES string of the molecule is C#CC[C@@H](NC(=O)Cc1ccc(OC(F)(F)F)cc1)C(N)=O. The average Bonchev–Trinajstić information content (AvgIpc) is 2.38. The first-order valence-corrected chi connectivity index (χ1v) is 6.08. The summed E-state index contributed by atoms with van der Waals surface area (Å²) >= 11 is 0. The van der Waals surface area contributed by atoms with Gasteiger partial charge in [0.15, 0.2) is 0 Å². The summed E-state index contributed by atoms with van der Waals surface area (Å²) in [5, 5.41) is 2.35. The van der Waals surface area contributed by atoms with E-state index in [1.807, 2.05) is 0 Å². The van der Waals surface area contributed by atoms with E-state index in [0.29, 0.717) is 5.56 Å². The number of hydrogen-bond acceptors (Lipinski definition) is 3. The van der Waals surface area contributed by atoms with Crippen LogP contribution in [0.15, 0.2) is 24.3 Å². The summed E-state index contributed by atoms with van der Waals surface area (Å²) in [4.78, 5) is 22.8. The molecule has 118 valence electrons. The second kappa shape index (κ2) is 7.36. The molecule has 0 unspecified atom stereocenters. The molecule has 0 aromatic heterocycles. The molecular weight excluding hydrogens is 301 g/mol. The second-order valence-corrected chi connectivity index (χ2v) is 4.30. The van der Waals surface area contributed by atoms with Crippen molar-refractivity contribution in [3.63, 3.8) is 0 Å². The van der Waals surface area contributed by atoms with Crippen molar-refractivity contribution in [3.8, 4) is 18.1 Å². The van der Waals surface area contributed by atoms with Crippen LogP contribution in [0.3, 0.4) is 0 Å². The molecule has 0 aliphatic heterocycles. The number of terminal acetylenes is 1. The maximum atomic E-state index is 12.0. The Morgan fingerprint density at radius 1 is 1.32 bits per heavy atom. The normalized spacial score (nSPS) is 12.1. The van der Waals surface area contributed by atoms with Crippen molar-refractivity contribution in [3.05, 3.63) is 29.8 Å². The van der Waals surface area contributed by atoms with Gasteiger partial charge in [0.05, 0.1) is 6.42 Å². The van der Waals surface area contributed by atoms with Crippen molar-refractivity contribution in [1.29, 1.82) is 0 Å². The van der Waals surface area contributed by atoms with Crippen molar-refractivity contribution in [2.45, 2.75) is 25.2 Å². The first-order chi connectivity index (χ1) is 10.2. The fourth-order valence-electron chi connectivity index (χ4n) is 1.58. The van der Waals surface area contributed by atoms with Gasteiger partial charge >= 0.3 is 6.36 Å². The Bertz CT molecular complexity index is 576. The average molecular weight is 314 g/mol. The van der Waals surface area contributed by atoms with Gasteiger partial charge in [-0.15, -0.1) is 25.5 Å². The minimum Gasteiger partial charge on any atom is -0.406 e. The third-order valence-corrected chi connectivity index (χ3v) is 2.52. The van der Waals surface area contributed by atoms with Crippen molar-refractivity contribution in [2.75, 3.05) is 0 Å². The molecule has 3 N–H and O–H groups in total. The van der Waals surface area contributed by atoms with E-state index in [0.717, 1.165) is 12.1 Å². The number of ether oxygens (including phenoxy) is 1. The largest absolute Gasteiger partial charge is 0.573 e. The van der Waals surface area contributed by atoms with Gasteiger partial charge in [0, 0.05) is 6.42 Å². The molecule has 0 radical (unpaired) electrons. The lowest BCUT2D eigenvalue weighted by atomic mass is 10.1. The van der Waals surface area contributed by atoms with Gasteiger partial charge in [0.1, 0.15) is 11.8 Å². The van der Waals surface area contributed by atoms with Crippen LogP contribution in [0, 0.1) is 12.3 Å². The molecule has 0 saturated heterocycles. The molecule has 8 heteroatoms. The number of amides is 2. The van der Waals surface area contributed by atoms with Crippen molar-refractivity contribution >= 4 is 11.8 Å². The highest BCUT2D eigenvalue weighted by Crippen LogP contribution is 2.22. The van der Waals surface area contributed by atoms with E-state index in [2.05, 4.69) is 16.0 Å². The number of alkyl halides is 3. The summed E-state index contributed by atoms with van der Waals surface area (Å²) in [6, 6.07) is 3.80. The molecule has 2 amide bonds. The number of primary amides is 1. The zero-order valence-electron chi connectivity index (χ0n) is 11.3. The number of halogens is 3. The second-order valence-electron chi connectivity index (χ2n) is 4.30. The minimum absolute atomic E-state index is 0.0422. The molecule has 0 aliphatic rings. The summed E-state index contributed by atoms with van der Waals surface area (Å²) in [5.74, 6) is 0.531. The first kappa shape index (κ1) is 17.4. The van der Waals surface area contributed by atoms with E-state index in [9.17, 15) is 22.8 Å². The zero-order chi connectivity index (χ0) is 16.8. The van der Waals surface area contributed by atoms with Gasteiger partial charge in [-0.05, 0) is 17.7 Å². The summed E-state index contributed by atoms with van der Waals surface area (Å²) in [6.07, 6.45) is 0.0923. The third-order valence-electron chi connectivity index (χ3n) is 2.52. The molecule has 1 aromatic carbocycles. The van der Waals surface area contributed by atoms with Gasteiger partial charge in [-0.3, -0.25) is 9.59 Å². The third kappa shape index (κ3) is 6.17. The zero-order valence-corrected chi connectivity index (χ0v) is 11.3. The van der Waals surface area contributed by atoms with Gasteiger partial charge in [-0.1, -0.05) is 12.1 Å². The standard InChI is InChI=1S/C14H13F3N2O3/c1-2-3-11(13(18)21)19-12(20)8-9-4-6-10(7-5-9)22-14(15,16)17/h1,4-7,11H,3,8H2,(H2,18,21)(H,19,20)/t11-/m1/s1. The lowest BCUT2D eigenvalue weighted by molar-refractivity contribution is -0.274. The van der Waals surface area contributed by atoms with Gasteiger partial charge in [0.2, 0.25) is 11.8 Å². The van der Waals surface area contributed by atoms with Crippen LogP contribution in [0.25, 0.3) is 0 Å². The molecule has 0 fully saturated rings.